The normalized spacial score (nSPS) is 12.7. The summed E-state index contributed by atoms with van der Waals surface area (Å²) in [6.07, 6.45) is -0.348. The molecule has 0 saturated carbocycles. The van der Waals surface area contributed by atoms with Crippen molar-refractivity contribution in [2.24, 2.45) is 0 Å². The number of aliphatic hydroxyl groups excluding tert-OH is 1. The van der Waals surface area contributed by atoms with E-state index in [1.165, 1.54) is 17.4 Å². The Morgan fingerprint density at radius 2 is 2.29 bits per heavy atom. The molecule has 17 heavy (non-hydrogen) atoms. The molecule has 0 saturated heterocycles. The second kappa shape index (κ2) is 5.25. The summed E-state index contributed by atoms with van der Waals surface area (Å²) < 4.78 is 13.7. The quantitative estimate of drug-likeness (QED) is 0.938. The topological polar surface area (TPSA) is 33.1 Å². The number of hydrogen-bond donors (Lipinski definition) is 1. The number of thiazole rings is 1. The first-order valence-electron chi connectivity index (χ1n) is 5.11. The van der Waals surface area contributed by atoms with E-state index in [1.807, 2.05) is 12.3 Å². The van der Waals surface area contributed by atoms with Crippen molar-refractivity contribution >= 4 is 27.3 Å². The number of nitrogens with zero attached hydrogens (tertiary/aromatic N) is 1. The van der Waals surface area contributed by atoms with Crippen molar-refractivity contribution < 1.29 is 9.50 Å². The van der Waals surface area contributed by atoms with Gasteiger partial charge >= 0.3 is 0 Å². The molecule has 0 radical (unpaired) electrons. The third kappa shape index (κ3) is 2.91. The Morgan fingerprint density at radius 3 is 2.94 bits per heavy atom. The van der Waals surface area contributed by atoms with Crippen molar-refractivity contribution in [3.8, 4) is 0 Å². The van der Waals surface area contributed by atoms with Gasteiger partial charge in [0, 0.05) is 11.8 Å². The van der Waals surface area contributed by atoms with E-state index < -0.39 is 6.10 Å². The zero-order valence-corrected chi connectivity index (χ0v) is 11.6. The molecule has 1 atom stereocenters. The molecule has 0 aliphatic carbocycles. The molecule has 0 amide bonds. The molecule has 0 aliphatic heterocycles. The van der Waals surface area contributed by atoms with Gasteiger partial charge in [-0.1, -0.05) is 12.1 Å². The number of aliphatic hydroxyl groups is 1. The molecule has 2 aromatic rings. The summed E-state index contributed by atoms with van der Waals surface area (Å²) in [5.74, 6) is -0.316. The van der Waals surface area contributed by atoms with Gasteiger partial charge < -0.3 is 5.11 Å². The zero-order chi connectivity index (χ0) is 12.4. The highest BCUT2D eigenvalue weighted by Crippen LogP contribution is 2.26. The van der Waals surface area contributed by atoms with Gasteiger partial charge in [-0.3, -0.25) is 0 Å². The fourth-order valence-corrected chi connectivity index (χ4v) is 2.64. The van der Waals surface area contributed by atoms with E-state index in [-0.39, 0.29) is 5.82 Å². The largest absolute Gasteiger partial charge is 0.386 e. The summed E-state index contributed by atoms with van der Waals surface area (Å²) in [4.78, 5) is 4.22. The summed E-state index contributed by atoms with van der Waals surface area (Å²) in [5.41, 5.74) is 1.38. The van der Waals surface area contributed by atoms with Crippen LogP contribution in [0.3, 0.4) is 0 Å². The molecular weight excluding hydrogens is 305 g/mol. The highest BCUT2D eigenvalue weighted by atomic mass is 79.9. The van der Waals surface area contributed by atoms with Crippen LogP contribution in [0.5, 0.6) is 0 Å². The van der Waals surface area contributed by atoms with Crippen molar-refractivity contribution in [2.45, 2.75) is 19.4 Å². The maximum atomic E-state index is 13.3. The molecule has 90 valence electrons. The molecule has 2 nitrogen and oxygen atoms in total. The van der Waals surface area contributed by atoms with Gasteiger partial charge in [-0.05, 0) is 34.5 Å². The summed E-state index contributed by atoms with van der Waals surface area (Å²) in [6.45, 7) is 1.89. The Labute approximate surface area is 111 Å². The molecule has 0 bridgehead atoms. The lowest BCUT2D eigenvalue weighted by Crippen LogP contribution is -2.03. The summed E-state index contributed by atoms with van der Waals surface area (Å²) in [7, 11) is 0. The number of aryl methyl sites for hydroxylation is 1. The Hall–Kier alpha value is -0.780. The Balaban J connectivity index is 2.18. The Morgan fingerprint density at radius 1 is 1.53 bits per heavy atom. The number of rotatable bonds is 3. The zero-order valence-electron chi connectivity index (χ0n) is 9.15. The van der Waals surface area contributed by atoms with Gasteiger partial charge in [0.2, 0.25) is 0 Å². The van der Waals surface area contributed by atoms with Crippen LogP contribution in [0.2, 0.25) is 0 Å². The van der Waals surface area contributed by atoms with Crippen molar-refractivity contribution in [3.63, 3.8) is 0 Å². The van der Waals surface area contributed by atoms with E-state index in [4.69, 9.17) is 0 Å². The maximum Gasteiger partial charge on any atom is 0.137 e. The van der Waals surface area contributed by atoms with E-state index >= 15 is 0 Å². The van der Waals surface area contributed by atoms with Gasteiger partial charge in [0.25, 0.3) is 0 Å². The first kappa shape index (κ1) is 12.7. The molecule has 1 aromatic heterocycles. The molecule has 1 unspecified atom stereocenters. The number of benzene rings is 1. The highest BCUT2D eigenvalue weighted by molar-refractivity contribution is 9.10. The number of halogens is 2. The van der Waals surface area contributed by atoms with Gasteiger partial charge in [-0.2, -0.15) is 0 Å². The lowest BCUT2D eigenvalue weighted by molar-refractivity contribution is 0.174. The van der Waals surface area contributed by atoms with Gasteiger partial charge in [-0.15, -0.1) is 11.3 Å². The first-order valence-corrected chi connectivity index (χ1v) is 6.78. The van der Waals surface area contributed by atoms with Crippen LogP contribution in [0.25, 0.3) is 0 Å². The smallest absolute Gasteiger partial charge is 0.137 e. The monoisotopic (exact) mass is 315 g/mol. The molecule has 1 N–H and O–H groups in total. The van der Waals surface area contributed by atoms with Gasteiger partial charge in [0.1, 0.15) is 11.9 Å². The number of aromatic nitrogens is 1. The Bertz CT molecular complexity index is 529. The van der Waals surface area contributed by atoms with Crippen molar-refractivity contribution in [1.29, 1.82) is 0 Å². The molecule has 0 fully saturated rings. The molecule has 1 aromatic carbocycles. The average molecular weight is 316 g/mol. The predicted octanol–water partition coefficient (Wildman–Crippen LogP) is 3.63. The first-order chi connectivity index (χ1) is 8.08. The van der Waals surface area contributed by atoms with Crippen LogP contribution in [0, 0.1) is 12.7 Å². The lowest BCUT2D eigenvalue weighted by atomic mass is 10.1. The van der Waals surface area contributed by atoms with Crippen LogP contribution < -0.4 is 0 Å². The van der Waals surface area contributed by atoms with Crippen molar-refractivity contribution in [3.05, 3.63) is 50.1 Å². The molecule has 0 spiro atoms. The van der Waals surface area contributed by atoms with Crippen LogP contribution >= 0.6 is 27.3 Å². The van der Waals surface area contributed by atoms with Gasteiger partial charge in [-0.25, -0.2) is 9.37 Å². The van der Waals surface area contributed by atoms with Crippen molar-refractivity contribution in [2.75, 3.05) is 0 Å². The summed E-state index contributed by atoms with van der Waals surface area (Å²) >= 11 is 4.68. The van der Waals surface area contributed by atoms with E-state index in [9.17, 15) is 9.50 Å². The summed E-state index contributed by atoms with van der Waals surface area (Å²) in [6, 6.07) is 4.80. The van der Waals surface area contributed by atoms with E-state index in [0.29, 0.717) is 16.6 Å². The minimum Gasteiger partial charge on any atom is -0.386 e. The minimum atomic E-state index is -0.696. The third-order valence-electron chi connectivity index (χ3n) is 2.42. The van der Waals surface area contributed by atoms with E-state index in [0.717, 1.165) is 10.6 Å². The molecular formula is C12H11BrFNOS. The minimum absolute atomic E-state index is 0.316. The third-order valence-corrected chi connectivity index (χ3v) is 4.10. The number of hydrogen-bond acceptors (Lipinski definition) is 3. The van der Waals surface area contributed by atoms with Crippen LogP contribution in [-0.2, 0) is 6.42 Å². The van der Waals surface area contributed by atoms with Crippen LogP contribution in [0.1, 0.15) is 22.4 Å². The summed E-state index contributed by atoms with van der Waals surface area (Å²) in [5, 5.41) is 12.7. The van der Waals surface area contributed by atoms with Gasteiger partial charge in [0.05, 0.1) is 15.2 Å². The predicted molar refractivity (Wildman–Crippen MR) is 69.6 cm³/mol. The molecule has 0 aliphatic rings. The molecule has 2 rings (SSSR count). The SMILES string of the molecule is Cc1nc(C(O)Cc2cccc(F)c2Br)cs1. The lowest BCUT2D eigenvalue weighted by Gasteiger charge is -2.09. The standard InChI is InChI=1S/C12H11BrFNOS/c1-7-15-10(6-17-7)11(16)5-8-3-2-4-9(14)12(8)13/h2-4,6,11,16H,5H2,1H3. The highest BCUT2D eigenvalue weighted by Gasteiger charge is 2.14. The molecule has 5 heteroatoms. The average Bonchev–Trinajstić information content (AvgIpc) is 2.72. The second-order valence-electron chi connectivity index (χ2n) is 3.72. The fourth-order valence-electron chi connectivity index (χ4n) is 1.55. The molecule has 1 heterocycles. The fraction of sp³-hybridized carbons (Fsp3) is 0.250. The van der Waals surface area contributed by atoms with Gasteiger partial charge in [0.15, 0.2) is 0 Å². The second-order valence-corrected chi connectivity index (χ2v) is 5.58. The van der Waals surface area contributed by atoms with Crippen molar-refractivity contribution in [1.82, 2.24) is 4.98 Å². The van der Waals surface area contributed by atoms with Crippen LogP contribution in [-0.4, -0.2) is 10.1 Å². The van der Waals surface area contributed by atoms with Crippen LogP contribution in [0.15, 0.2) is 28.1 Å². The Kier molecular flexibility index (Phi) is 3.91. The van der Waals surface area contributed by atoms with Crippen LogP contribution in [0.4, 0.5) is 4.39 Å². The maximum absolute atomic E-state index is 13.3. The van der Waals surface area contributed by atoms with E-state index in [1.54, 1.807) is 12.1 Å². The van der Waals surface area contributed by atoms with E-state index in [2.05, 4.69) is 20.9 Å².